The average molecular weight is 495 g/mol. The fourth-order valence-electron chi connectivity index (χ4n) is 3.84. The largest absolute Gasteiger partial charge is 0.494 e. The van der Waals surface area contributed by atoms with Gasteiger partial charge in [0.05, 0.1) is 22.5 Å². The fraction of sp³-hybridized carbons (Fsp3) is 0.435. The minimum Gasteiger partial charge on any atom is -0.494 e. The predicted molar refractivity (Wildman–Crippen MR) is 129 cm³/mol. The van der Waals surface area contributed by atoms with Crippen LogP contribution >= 0.6 is 0 Å². The van der Waals surface area contributed by atoms with E-state index in [1.807, 2.05) is 6.92 Å². The van der Waals surface area contributed by atoms with Gasteiger partial charge < -0.3 is 10.1 Å². The zero-order valence-corrected chi connectivity index (χ0v) is 20.5. The van der Waals surface area contributed by atoms with Gasteiger partial charge in [0.15, 0.2) is 9.84 Å². The van der Waals surface area contributed by atoms with Crippen LogP contribution in [0.15, 0.2) is 47.4 Å². The molecule has 0 heterocycles. The maximum absolute atomic E-state index is 12.9. The number of sulfonamides is 1. The first-order chi connectivity index (χ1) is 15.6. The summed E-state index contributed by atoms with van der Waals surface area (Å²) in [4.78, 5) is 12.4. The zero-order chi connectivity index (χ0) is 24.1. The van der Waals surface area contributed by atoms with Crippen LogP contribution in [0.5, 0.6) is 5.75 Å². The smallest absolute Gasteiger partial charge is 0.262 e. The highest BCUT2D eigenvalue weighted by Gasteiger charge is 2.29. The van der Waals surface area contributed by atoms with Gasteiger partial charge in [0.2, 0.25) is 5.91 Å². The zero-order valence-electron chi connectivity index (χ0n) is 18.8. The number of carbonyl (C=O) groups excluding carboxylic acids is 1. The van der Waals surface area contributed by atoms with Crippen LogP contribution in [0.1, 0.15) is 44.6 Å². The molecule has 2 aromatic rings. The molecule has 1 fully saturated rings. The second-order valence-electron chi connectivity index (χ2n) is 8.11. The molecule has 1 amide bonds. The molecule has 0 aromatic heterocycles. The van der Waals surface area contributed by atoms with Crippen molar-refractivity contribution in [1.29, 1.82) is 0 Å². The Bertz CT molecular complexity index is 1190. The number of benzene rings is 2. The van der Waals surface area contributed by atoms with E-state index in [0.717, 1.165) is 12.8 Å². The molecular weight excluding hydrogens is 464 g/mol. The van der Waals surface area contributed by atoms with Gasteiger partial charge in [-0.05, 0) is 68.7 Å². The second kappa shape index (κ2) is 10.6. The summed E-state index contributed by atoms with van der Waals surface area (Å²) in [6.45, 7) is 4.03. The molecule has 0 unspecified atom stereocenters. The van der Waals surface area contributed by atoms with Crippen molar-refractivity contribution < 1.29 is 26.4 Å². The number of amides is 1. The van der Waals surface area contributed by atoms with Crippen LogP contribution in [-0.4, -0.2) is 40.4 Å². The molecule has 1 aliphatic carbocycles. The molecule has 0 aliphatic heterocycles. The van der Waals surface area contributed by atoms with Crippen molar-refractivity contribution in [1.82, 2.24) is 0 Å². The number of rotatable bonds is 10. The maximum Gasteiger partial charge on any atom is 0.262 e. The van der Waals surface area contributed by atoms with Crippen LogP contribution in [0.3, 0.4) is 0 Å². The lowest BCUT2D eigenvalue weighted by atomic mass is 10.2. The SMILES string of the molecule is CCOc1ccc(NS(=O)(=O)c2cc(NC(=O)CCS(=O)(=O)C3CCCC3)ccc2C)cc1. The van der Waals surface area contributed by atoms with Gasteiger partial charge in [-0.15, -0.1) is 0 Å². The van der Waals surface area contributed by atoms with Gasteiger partial charge in [-0.2, -0.15) is 0 Å². The number of hydrogen-bond acceptors (Lipinski definition) is 6. The monoisotopic (exact) mass is 494 g/mol. The van der Waals surface area contributed by atoms with Crippen molar-refractivity contribution >= 4 is 37.1 Å². The van der Waals surface area contributed by atoms with Gasteiger partial charge in [0.1, 0.15) is 5.75 Å². The Labute approximate surface area is 195 Å². The van der Waals surface area contributed by atoms with E-state index >= 15 is 0 Å². The Morgan fingerprint density at radius 3 is 2.27 bits per heavy atom. The summed E-state index contributed by atoms with van der Waals surface area (Å²) < 4.78 is 58.5. The molecule has 33 heavy (non-hydrogen) atoms. The lowest BCUT2D eigenvalue weighted by Crippen LogP contribution is -2.24. The van der Waals surface area contributed by atoms with Crippen molar-refractivity contribution in [3.05, 3.63) is 48.0 Å². The Kier molecular flexibility index (Phi) is 8.01. The highest BCUT2D eigenvalue weighted by molar-refractivity contribution is 7.92. The normalized spacial score (nSPS) is 14.7. The fourth-order valence-corrected chi connectivity index (χ4v) is 7.02. The molecule has 180 valence electrons. The first-order valence-electron chi connectivity index (χ1n) is 11.0. The topological polar surface area (TPSA) is 119 Å². The Hall–Kier alpha value is -2.59. The van der Waals surface area contributed by atoms with Crippen molar-refractivity contribution in [3.8, 4) is 5.75 Å². The molecule has 0 radical (unpaired) electrons. The maximum atomic E-state index is 12.9. The molecule has 1 aliphatic rings. The van der Waals surface area contributed by atoms with Gasteiger partial charge in [0, 0.05) is 17.8 Å². The molecule has 8 nitrogen and oxygen atoms in total. The van der Waals surface area contributed by atoms with Crippen LogP contribution in [0, 0.1) is 6.92 Å². The van der Waals surface area contributed by atoms with E-state index in [0.29, 0.717) is 36.4 Å². The predicted octanol–water partition coefficient (Wildman–Crippen LogP) is 3.88. The summed E-state index contributed by atoms with van der Waals surface area (Å²) in [5.74, 6) is -0.0423. The standard InChI is InChI=1S/C23H30N2O6S2/c1-3-31-20-12-10-18(11-13-20)25-33(29,30)22-16-19(9-8-17(22)2)24-23(26)14-15-32(27,28)21-6-4-5-7-21/h8-13,16,21,25H,3-7,14-15H2,1-2H3,(H,24,26). The highest BCUT2D eigenvalue weighted by Crippen LogP contribution is 2.26. The third kappa shape index (κ3) is 6.70. The van der Waals surface area contributed by atoms with Gasteiger partial charge in [-0.25, -0.2) is 16.8 Å². The number of anilines is 2. The first-order valence-corrected chi connectivity index (χ1v) is 14.2. The molecule has 2 N–H and O–H groups in total. The number of aryl methyl sites for hydroxylation is 1. The van der Waals surface area contributed by atoms with Crippen LogP contribution in [0.25, 0.3) is 0 Å². The van der Waals surface area contributed by atoms with Gasteiger partial charge in [0.25, 0.3) is 10.0 Å². The van der Waals surface area contributed by atoms with E-state index in [1.54, 1.807) is 43.3 Å². The summed E-state index contributed by atoms with van der Waals surface area (Å²) >= 11 is 0. The lowest BCUT2D eigenvalue weighted by Gasteiger charge is -2.14. The Balaban J connectivity index is 1.67. The van der Waals surface area contributed by atoms with Crippen LogP contribution in [0.2, 0.25) is 0 Å². The van der Waals surface area contributed by atoms with E-state index in [2.05, 4.69) is 10.0 Å². The van der Waals surface area contributed by atoms with Crippen LogP contribution < -0.4 is 14.8 Å². The molecule has 10 heteroatoms. The van der Waals surface area contributed by atoms with Gasteiger partial charge >= 0.3 is 0 Å². The van der Waals surface area contributed by atoms with E-state index in [1.165, 1.54) is 6.07 Å². The summed E-state index contributed by atoms with van der Waals surface area (Å²) in [5.41, 5.74) is 1.18. The minimum atomic E-state index is -3.91. The summed E-state index contributed by atoms with van der Waals surface area (Å²) in [5, 5.41) is 2.27. The lowest BCUT2D eigenvalue weighted by molar-refractivity contribution is -0.115. The van der Waals surface area contributed by atoms with Gasteiger partial charge in [-0.1, -0.05) is 18.9 Å². The minimum absolute atomic E-state index is 0.0211. The second-order valence-corrected chi connectivity index (χ2v) is 12.2. The molecule has 0 spiro atoms. The number of nitrogens with one attached hydrogen (secondary N) is 2. The van der Waals surface area contributed by atoms with Crippen molar-refractivity contribution in [3.63, 3.8) is 0 Å². The van der Waals surface area contributed by atoms with E-state index in [4.69, 9.17) is 4.74 Å². The quantitative estimate of drug-likeness (QED) is 0.517. The highest BCUT2D eigenvalue weighted by atomic mass is 32.2. The summed E-state index contributed by atoms with van der Waals surface area (Å²) in [6, 6.07) is 11.1. The van der Waals surface area contributed by atoms with Crippen LogP contribution in [0.4, 0.5) is 11.4 Å². The average Bonchev–Trinajstić information content (AvgIpc) is 3.31. The third-order valence-corrected chi connectivity index (χ3v) is 9.39. The van der Waals surface area contributed by atoms with Crippen molar-refractivity contribution in [2.24, 2.45) is 0 Å². The molecule has 1 saturated carbocycles. The molecule has 0 saturated heterocycles. The molecule has 0 atom stereocenters. The number of ether oxygens (including phenoxy) is 1. The number of carbonyl (C=O) groups is 1. The Morgan fingerprint density at radius 1 is 1.00 bits per heavy atom. The molecular formula is C23H30N2O6S2. The molecule has 2 aromatic carbocycles. The third-order valence-electron chi connectivity index (χ3n) is 5.60. The molecule has 0 bridgehead atoms. The van der Waals surface area contributed by atoms with E-state index in [-0.39, 0.29) is 28.0 Å². The number of sulfone groups is 1. The summed E-state index contributed by atoms with van der Waals surface area (Å²) in [7, 11) is -7.21. The van der Waals surface area contributed by atoms with Crippen molar-refractivity contribution in [2.45, 2.75) is 56.1 Å². The Morgan fingerprint density at radius 2 is 1.64 bits per heavy atom. The molecule has 3 rings (SSSR count). The summed E-state index contributed by atoms with van der Waals surface area (Å²) in [6.07, 6.45) is 2.96. The van der Waals surface area contributed by atoms with Crippen molar-refractivity contribution in [2.75, 3.05) is 22.4 Å². The van der Waals surface area contributed by atoms with E-state index in [9.17, 15) is 21.6 Å². The van der Waals surface area contributed by atoms with E-state index < -0.39 is 25.8 Å². The van der Waals surface area contributed by atoms with Gasteiger partial charge in [-0.3, -0.25) is 9.52 Å². The number of hydrogen-bond donors (Lipinski definition) is 2. The van der Waals surface area contributed by atoms with Crippen LogP contribution in [-0.2, 0) is 24.7 Å². The first kappa shape index (κ1) is 25.0.